The predicted molar refractivity (Wildman–Crippen MR) is 117 cm³/mol. The summed E-state index contributed by atoms with van der Waals surface area (Å²) in [5, 5.41) is 16.7. The molecule has 0 atom stereocenters. The second-order valence-corrected chi connectivity index (χ2v) is 6.79. The Morgan fingerprint density at radius 3 is 2.76 bits per heavy atom. The van der Waals surface area contributed by atoms with Gasteiger partial charge in [0, 0.05) is 37.5 Å². The normalized spacial score (nSPS) is 10.7. The number of hydrogen-bond donors (Lipinski definition) is 3. The second kappa shape index (κ2) is 8.10. The molecule has 29 heavy (non-hydrogen) atoms. The lowest BCUT2D eigenvalue weighted by Gasteiger charge is -2.22. The van der Waals surface area contributed by atoms with E-state index in [1.54, 1.807) is 42.8 Å². The molecule has 0 aliphatic carbocycles. The van der Waals surface area contributed by atoms with Gasteiger partial charge in [-0.1, -0.05) is 24.6 Å². The molecule has 0 saturated heterocycles. The van der Waals surface area contributed by atoms with Gasteiger partial charge in [0.15, 0.2) is 5.82 Å². The van der Waals surface area contributed by atoms with Crippen LogP contribution in [0.4, 0.5) is 29.0 Å². The average molecular weight is 406 g/mol. The maximum absolute atomic E-state index is 4.57. The van der Waals surface area contributed by atoms with Crippen molar-refractivity contribution in [1.29, 1.82) is 0 Å². The zero-order valence-corrected chi connectivity index (χ0v) is 16.6. The van der Waals surface area contributed by atoms with Gasteiger partial charge in [-0.25, -0.2) is 4.98 Å². The van der Waals surface area contributed by atoms with Crippen LogP contribution in [0.5, 0.6) is 0 Å². The molecular formula is C18H18N10S. The van der Waals surface area contributed by atoms with Crippen molar-refractivity contribution in [2.45, 2.75) is 0 Å². The van der Waals surface area contributed by atoms with Gasteiger partial charge in [-0.2, -0.15) is 15.3 Å². The van der Waals surface area contributed by atoms with E-state index in [4.69, 9.17) is 0 Å². The van der Waals surface area contributed by atoms with Gasteiger partial charge >= 0.3 is 0 Å². The molecule has 4 rings (SSSR count). The lowest BCUT2D eigenvalue weighted by atomic mass is 10.2. The summed E-state index contributed by atoms with van der Waals surface area (Å²) in [4.78, 5) is 17.8. The number of benzene rings is 1. The van der Waals surface area contributed by atoms with Crippen molar-refractivity contribution in [2.75, 3.05) is 28.2 Å². The number of aromatic nitrogens is 7. The largest absolute Gasteiger partial charge is 0.338 e. The highest BCUT2D eigenvalue weighted by atomic mass is 32.2. The van der Waals surface area contributed by atoms with Crippen molar-refractivity contribution >= 4 is 58.0 Å². The lowest BCUT2D eigenvalue weighted by Crippen LogP contribution is -2.11. The smallest absolute Gasteiger partial charge is 0.230 e. The van der Waals surface area contributed by atoms with E-state index in [1.165, 1.54) is 0 Å². The van der Waals surface area contributed by atoms with E-state index >= 15 is 0 Å². The lowest BCUT2D eigenvalue weighted by molar-refractivity contribution is 0.941. The van der Waals surface area contributed by atoms with E-state index in [1.807, 2.05) is 29.7 Å². The first-order valence-corrected chi connectivity index (χ1v) is 9.78. The second-order valence-electron chi connectivity index (χ2n) is 5.87. The third-order valence-electron chi connectivity index (χ3n) is 4.15. The maximum atomic E-state index is 4.57. The molecule has 3 N–H and O–H groups in total. The van der Waals surface area contributed by atoms with E-state index in [2.05, 4.69) is 52.6 Å². The molecule has 10 nitrogen and oxygen atoms in total. The molecule has 11 heteroatoms. The van der Waals surface area contributed by atoms with Crippen LogP contribution in [0.15, 0.2) is 43.5 Å². The van der Waals surface area contributed by atoms with Crippen molar-refractivity contribution in [3.8, 4) is 0 Å². The van der Waals surface area contributed by atoms with E-state index in [0.29, 0.717) is 17.6 Å². The number of nitrogens with one attached hydrogen (secondary N) is 3. The van der Waals surface area contributed by atoms with Gasteiger partial charge in [0.25, 0.3) is 0 Å². The van der Waals surface area contributed by atoms with Crippen LogP contribution in [0, 0.1) is 0 Å². The summed E-state index contributed by atoms with van der Waals surface area (Å²) in [7, 11) is 1.98. The van der Waals surface area contributed by atoms with Crippen LogP contribution in [0.2, 0.25) is 0 Å². The quantitative estimate of drug-likeness (QED) is 0.394. The number of fused-ring (bicyclic) bond motifs is 1. The minimum absolute atomic E-state index is 0.382. The molecule has 4 aromatic rings. The summed E-state index contributed by atoms with van der Waals surface area (Å²) in [6.07, 6.45) is 10.3. The van der Waals surface area contributed by atoms with E-state index in [0.717, 1.165) is 28.0 Å². The molecule has 0 saturated carbocycles. The zero-order valence-electron chi connectivity index (χ0n) is 15.8. The minimum atomic E-state index is 0.382. The molecule has 0 aliphatic rings. The molecule has 3 aromatic heterocycles. The van der Waals surface area contributed by atoms with Crippen LogP contribution < -0.4 is 14.9 Å². The van der Waals surface area contributed by atoms with Gasteiger partial charge in [-0.05, 0) is 12.1 Å². The van der Waals surface area contributed by atoms with E-state index < -0.39 is 0 Å². The molecule has 0 fully saturated rings. The fourth-order valence-corrected chi connectivity index (χ4v) is 3.11. The SMILES string of the molecule is C=Cc1cnc(Nc2cn[nH]n2)nc1Nc1ccc2nccnc2c1N(C)SC. The Hall–Kier alpha value is -3.73. The summed E-state index contributed by atoms with van der Waals surface area (Å²) in [5.74, 6) is 1.50. The van der Waals surface area contributed by atoms with Gasteiger partial charge in [0.1, 0.15) is 11.3 Å². The molecule has 0 unspecified atom stereocenters. The predicted octanol–water partition coefficient (Wildman–Crippen LogP) is 3.38. The van der Waals surface area contributed by atoms with Crippen LogP contribution in [-0.4, -0.2) is 48.7 Å². The van der Waals surface area contributed by atoms with Crippen molar-refractivity contribution in [1.82, 2.24) is 35.3 Å². The number of anilines is 5. The maximum Gasteiger partial charge on any atom is 0.230 e. The first-order chi connectivity index (χ1) is 14.2. The van der Waals surface area contributed by atoms with E-state index in [9.17, 15) is 0 Å². The number of H-pyrrole nitrogens is 1. The van der Waals surface area contributed by atoms with Gasteiger partial charge < -0.3 is 14.9 Å². The number of aromatic amines is 1. The number of rotatable bonds is 7. The number of nitrogens with zero attached hydrogens (tertiary/aromatic N) is 7. The van der Waals surface area contributed by atoms with Crippen LogP contribution >= 0.6 is 11.9 Å². The Morgan fingerprint density at radius 2 is 2.00 bits per heavy atom. The van der Waals surface area contributed by atoms with Crippen molar-refractivity contribution in [3.05, 3.63) is 49.1 Å². The molecule has 0 radical (unpaired) electrons. The standard InChI is InChI=1S/C18H18N10S/c1-4-11-9-21-18(24-14-10-22-27-26-14)25-17(11)23-13-6-5-12-15(20-8-7-19-12)16(13)28(2)29-3/h4-10H,1H2,2-3H3,(H3,21,22,23,24,25,26,27). The first kappa shape index (κ1) is 18.6. The van der Waals surface area contributed by atoms with Crippen LogP contribution in [0.3, 0.4) is 0 Å². The van der Waals surface area contributed by atoms with Gasteiger partial charge in [-0.15, -0.1) is 5.10 Å². The summed E-state index contributed by atoms with van der Waals surface area (Å²) in [6.45, 7) is 3.86. The van der Waals surface area contributed by atoms with Crippen LogP contribution in [-0.2, 0) is 0 Å². The van der Waals surface area contributed by atoms with Gasteiger partial charge in [0.2, 0.25) is 5.95 Å². The zero-order chi connectivity index (χ0) is 20.2. The average Bonchev–Trinajstić information content (AvgIpc) is 3.26. The highest BCUT2D eigenvalue weighted by molar-refractivity contribution is 7.99. The molecule has 0 bridgehead atoms. The number of hydrogen-bond acceptors (Lipinski definition) is 10. The summed E-state index contributed by atoms with van der Waals surface area (Å²) >= 11 is 1.57. The Bertz CT molecular complexity index is 1140. The molecule has 1 aromatic carbocycles. The fourth-order valence-electron chi connectivity index (χ4n) is 2.74. The monoisotopic (exact) mass is 406 g/mol. The first-order valence-electron chi connectivity index (χ1n) is 8.60. The highest BCUT2D eigenvalue weighted by Crippen LogP contribution is 2.36. The molecule has 0 aliphatic heterocycles. The summed E-state index contributed by atoms with van der Waals surface area (Å²) in [6, 6.07) is 3.88. The summed E-state index contributed by atoms with van der Waals surface area (Å²) < 4.78 is 2.03. The highest BCUT2D eigenvalue weighted by Gasteiger charge is 2.16. The Labute approximate surface area is 171 Å². The third kappa shape index (κ3) is 3.80. The minimum Gasteiger partial charge on any atom is -0.338 e. The topological polar surface area (TPSA) is 120 Å². The van der Waals surface area contributed by atoms with Gasteiger partial charge in [0.05, 0.1) is 23.1 Å². The molecular weight excluding hydrogens is 388 g/mol. The third-order valence-corrected chi connectivity index (χ3v) is 4.88. The fraction of sp³-hybridized carbons (Fsp3) is 0.111. The Morgan fingerprint density at radius 1 is 1.14 bits per heavy atom. The molecule has 146 valence electrons. The van der Waals surface area contributed by atoms with Gasteiger partial charge in [-0.3, -0.25) is 9.97 Å². The molecule has 0 amide bonds. The van der Waals surface area contributed by atoms with Crippen LogP contribution in [0.1, 0.15) is 5.56 Å². The van der Waals surface area contributed by atoms with Crippen molar-refractivity contribution in [3.63, 3.8) is 0 Å². The molecule has 0 spiro atoms. The van der Waals surface area contributed by atoms with Crippen molar-refractivity contribution < 1.29 is 0 Å². The van der Waals surface area contributed by atoms with Crippen LogP contribution in [0.25, 0.3) is 17.1 Å². The Kier molecular flexibility index (Phi) is 5.20. The summed E-state index contributed by atoms with van der Waals surface area (Å²) in [5.41, 5.74) is 4.11. The van der Waals surface area contributed by atoms with E-state index in [-0.39, 0.29) is 0 Å². The Balaban J connectivity index is 1.76. The van der Waals surface area contributed by atoms with Crippen molar-refractivity contribution in [2.24, 2.45) is 0 Å². The molecule has 3 heterocycles.